The zero-order chi connectivity index (χ0) is 15.5. The van der Waals surface area contributed by atoms with Gasteiger partial charge in [-0.2, -0.15) is 0 Å². The van der Waals surface area contributed by atoms with Crippen LogP contribution in [0.2, 0.25) is 0 Å². The number of methoxy groups -OCH3 is 2. The predicted octanol–water partition coefficient (Wildman–Crippen LogP) is 3.90. The molecule has 0 fully saturated rings. The minimum absolute atomic E-state index is 0. The van der Waals surface area contributed by atoms with Crippen molar-refractivity contribution in [3.63, 3.8) is 0 Å². The summed E-state index contributed by atoms with van der Waals surface area (Å²) in [6.07, 6.45) is 2.07. The van der Waals surface area contributed by atoms with Gasteiger partial charge in [0.05, 0.1) is 14.2 Å². The van der Waals surface area contributed by atoms with E-state index >= 15 is 0 Å². The van der Waals surface area contributed by atoms with Gasteiger partial charge in [0.1, 0.15) is 0 Å². The van der Waals surface area contributed by atoms with E-state index in [1.54, 1.807) is 14.2 Å². The van der Waals surface area contributed by atoms with Gasteiger partial charge in [-0.05, 0) is 48.7 Å². The lowest BCUT2D eigenvalue weighted by atomic mass is 9.88. The summed E-state index contributed by atoms with van der Waals surface area (Å²) in [6.45, 7) is 1.07. The van der Waals surface area contributed by atoms with E-state index < -0.39 is 0 Å². The van der Waals surface area contributed by atoms with Crippen molar-refractivity contribution in [1.82, 2.24) is 4.90 Å². The zero-order valence-corrected chi connectivity index (χ0v) is 14.7. The van der Waals surface area contributed by atoms with Crippen LogP contribution < -0.4 is 9.47 Å². The largest absolute Gasteiger partial charge is 0.493 e. The first kappa shape index (κ1) is 17.6. The lowest BCUT2D eigenvalue weighted by Crippen LogP contribution is -2.33. The van der Waals surface area contributed by atoms with Crippen molar-refractivity contribution in [3.8, 4) is 11.5 Å². The predicted molar refractivity (Wildman–Crippen MR) is 96.0 cm³/mol. The number of hydrogen-bond donors (Lipinski definition) is 0. The first-order valence-electron chi connectivity index (χ1n) is 7.72. The van der Waals surface area contributed by atoms with E-state index in [1.165, 1.54) is 16.7 Å². The first-order valence-corrected chi connectivity index (χ1v) is 7.72. The van der Waals surface area contributed by atoms with Gasteiger partial charge < -0.3 is 9.47 Å². The van der Waals surface area contributed by atoms with Crippen LogP contribution in [0.3, 0.4) is 0 Å². The molecule has 1 unspecified atom stereocenters. The van der Waals surface area contributed by atoms with Crippen LogP contribution in [-0.4, -0.2) is 32.7 Å². The third kappa shape index (κ3) is 3.62. The lowest BCUT2D eigenvalue weighted by molar-refractivity contribution is 0.228. The van der Waals surface area contributed by atoms with Crippen LogP contribution in [-0.2, 0) is 12.8 Å². The molecule has 1 heterocycles. The Bertz CT molecular complexity index is 645. The molecule has 0 aliphatic carbocycles. The Morgan fingerprint density at radius 3 is 2.35 bits per heavy atom. The standard InChI is InChI=1S/C19H23NO2.ClH/c1-20-10-9-15-12-18(21-2)19(22-3)13-16(15)17(20)11-14-7-5-4-6-8-14;/h4-8,12-13,17H,9-11H2,1-3H3;1H. The molecule has 0 saturated heterocycles. The number of benzene rings is 2. The van der Waals surface area contributed by atoms with Crippen molar-refractivity contribution >= 4 is 12.4 Å². The fourth-order valence-corrected chi connectivity index (χ4v) is 3.26. The van der Waals surface area contributed by atoms with Crippen molar-refractivity contribution in [2.75, 3.05) is 27.8 Å². The molecule has 0 bridgehead atoms. The minimum atomic E-state index is 0. The molecular weight excluding hydrogens is 310 g/mol. The van der Waals surface area contributed by atoms with Gasteiger partial charge in [0.2, 0.25) is 0 Å². The molecule has 1 aliphatic heterocycles. The summed E-state index contributed by atoms with van der Waals surface area (Å²) in [5.41, 5.74) is 4.09. The fourth-order valence-electron chi connectivity index (χ4n) is 3.26. The van der Waals surface area contributed by atoms with Crippen LogP contribution in [0.25, 0.3) is 0 Å². The maximum absolute atomic E-state index is 5.49. The highest BCUT2D eigenvalue weighted by molar-refractivity contribution is 5.85. The molecule has 23 heavy (non-hydrogen) atoms. The highest BCUT2D eigenvalue weighted by atomic mass is 35.5. The van der Waals surface area contributed by atoms with E-state index in [1.807, 2.05) is 0 Å². The SMILES string of the molecule is COc1cc2c(cc1OC)C(Cc1ccccc1)N(C)CC2.Cl. The summed E-state index contributed by atoms with van der Waals surface area (Å²) in [5.74, 6) is 1.64. The van der Waals surface area contributed by atoms with Crippen molar-refractivity contribution < 1.29 is 9.47 Å². The molecule has 0 aromatic heterocycles. The summed E-state index contributed by atoms with van der Waals surface area (Å²) < 4.78 is 10.9. The Hall–Kier alpha value is -1.71. The summed E-state index contributed by atoms with van der Waals surface area (Å²) in [6, 6.07) is 15.3. The maximum Gasteiger partial charge on any atom is 0.161 e. The third-order valence-corrected chi connectivity index (χ3v) is 4.54. The van der Waals surface area contributed by atoms with Gasteiger partial charge in [-0.1, -0.05) is 30.3 Å². The Morgan fingerprint density at radius 2 is 1.70 bits per heavy atom. The van der Waals surface area contributed by atoms with E-state index in [4.69, 9.17) is 9.47 Å². The van der Waals surface area contributed by atoms with Gasteiger partial charge >= 0.3 is 0 Å². The van der Waals surface area contributed by atoms with Crippen molar-refractivity contribution in [3.05, 3.63) is 59.2 Å². The van der Waals surface area contributed by atoms with Gasteiger partial charge in [-0.25, -0.2) is 0 Å². The number of fused-ring (bicyclic) bond motifs is 1. The first-order chi connectivity index (χ1) is 10.7. The van der Waals surface area contributed by atoms with E-state index in [2.05, 4.69) is 54.4 Å². The average molecular weight is 334 g/mol. The number of halogens is 1. The molecular formula is C19H24ClNO2. The topological polar surface area (TPSA) is 21.7 Å². The Labute approximate surface area is 144 Å². The van der Waals surface area contributed by atoms with E-state index in [9.17, 15) is 0 Å². The molecule has 3 nitrogen and oxygen atoms in total. The van der Waals surface area contributed by atoms with Crippen molar-refractivity contribution in [2.45, 2.75) is 18.9 Å². The van der Waals surface area contributed by atoms with Crippen LogP contribution in [0.5, 0.6) is 11.5 Å². The highest BCUT2D eigenvalue weighted by Crippen LogP contribution is 2.38. The molecule has 0 saturated carbocycles. The Morgan fingerprint density at radius 1 is 1.04 bits per heavy atom. The van der Waals surface area contributed by atoms with Gasteiger partial charge in [-0.3, -0.25) is 4.90 Å². The third-order valence-electron chi connectivity index (χ3n) is 4.54. The molecule has 1 atom stereocenters. The highest BCUT2D eigenvalue weighted by Gasteiger charge is 2.26. The van der Waals surface area contributed by atoms with E-state index in [0.717, 1.165) is 30.9 Å². The van der Waals surface area contributed by atoms with E-state index in [-0.39, 0.29) is 12.4 Å². The van der Waals surface area contributed by atoms with Gasteiger partial charge in [0, 0.05) is 12.6 Å². The van der Waals surface area contributed by atoms with Crippen LogP contribution in [0.1, 0.15) is 22.7 Å². The summed E-state index contributed by atoms with van der Waals surface area (Å²) in [4.78, 5) is 2.43. The van der Waals surface area contributed by atoms with Crippen LogP contribution in [0.15, 0.2) is 42.5 Å². The molecule has 0 spiro atoms. The number of rotatable bonds is 4. The molecule has 0 radical (unpaired) electrons. The number of likely N-dealkylation sites (N-methyl/N-ethyl adjacent to an activating group) is 1. The lowest BCUT2D eigenvalue weighted by Gasteiger charge is -2.35. The average Bonchev–Trinajstić information content (AvgIpc) is 2.57. The fraction of sp³-hybridized carbons (Fsp3) is 0.368. The summed E-state index contributed by atoms with van der Waals surface area (Å²) in [7, 11) is 5.59. The molecule has 2 aromatic rings. The number of hydrogen-bond acceptors (Lipinski definition) is 3. The van der Waals surface area contributed by atoms with Gasteiger partial charge in [0.25, 0.3) is 0 Å². The molecule has 2 aromatic carbocycles. The Kier molecular flexibility index (Phi) is 5.91. The number of ether oxygens (including phenoxy) is 2. The summed E-state index contributed by atoms with van der Waals surface area (Å²) in [5, 5.41) is 0. The van der Waals surface area contributed by atoms with Crippen molar-refractivity contribution in [1.29, 1.82) is 0 Å². The van der Waals surface area contributed by atoms with Gasteiger partial charge in [0.15, 0.2) is 11.5 Å². The quantitative estimate of drug-likeness (QED) is 0.847. The van der Waals surface area contributed by atoms with Crippen LogP contribution >= 0.6 is 12.4 Å². The maximum atomic E-state index is 5.49. The molecule has 4 heteroatoms. The minimum Gasteiger partial charge on any atom is -0.493 e. The van der Waals surface area contributed by atoms with Gasteiger partial charge in [-0.15, -0.1) is 12.4 Å². The normalized spacial score (nSPS) is 17.1. The smallest absolute Gasteiger partial charge is 0.161 e. The molecule has 124 valence electrons. The Balaban J connectivity index is 0.00000192. The molecule has 3 rings (SSSR count). The van der Waals surface area contributed by atoms with E-state index in [0.29, 0.717) is 6.04 Å². The monoisotopic (exact) mass is 333 g/mol. The molecule has 0 N–H and O–H groups in total. The second kappa shape index (κ2) is 7.71. The van der Waals surface area contributed by atoms with Crippen LogP contribution in [0, 0.1) is 0 Å². The zero-order valence-electron chi connectivity index (χ0n) is 13.9. The number of nitrogens with zero attached hydrogens (tertiary/aromatic N) is 1. The van der Waals surface area contributed by atoms with Crippen LogP contribution in [0.4, 0.5) is 0 Å². The second-order valence-corrected chi connectivity index (χ2v) is 5.84. The van der Waals surface area contributed by atoms with Crippen molar-refractivity contribution in [2.24, 2.45) is 0 Å². The molecule has 1 aliphatic rings. The second-order valence-electron chi connectivity index (χ2n) is 5.84. The summed E-state index contributed by atoms with van der Waals surface area (Å²) >= 11 is 0. The molecule has 0 amide bonds.